The smallest absolute Gasteiger partial charge is 0.0538 e. The zero-order chi connectivity index (χ0) is 12.1. The summed E-state index contributed by atoms with van der Waals surface area (Å²) < 4.78 is 2.06. The van der Waals surface area contributed by atoms with Crippen LogP contribution in [-0.2, 0) is 6.54 Å². The van der Waals surface area contributed by atoms with E-state index in [0.29, 0.717) is 11.3 Å². The Bertz CT molecular complexity index is 334. The zero-order valence-corrected chi connectivity index (χ0v) is 12.2. The monoisotopic (exact) mass is 271 g/mol. The van der Waals surface area contributed by atoms with Crippen molar-refractivity contribution in [3.63, 3.8) is 0 Å². The Kier molecular flexibility index (Phi) is 5.25. The third-order valence-electron chi connectivity index (χ3n) is 2.99. The molecule has 0 bridgehead atoms. The fraction of sp³-hybridized carbons (Fsp3) is 0.750. The van der Waals surface area contributed by atoms with Gasteiger partial charge in [-0.1, -0.05) is 6.92 Å². The number of hydrogen-bond acceptors (Lipinski definition) is 4. The van der Waals surface area contributed by atoms with Gasteiger partial charge >= 0.3 is 0 Å². The van der Waals surface area contributed by atoms with E-state index in [2.05, 4.69) is 58.8 Å². The summed E-state index contributed by atoms with van der Waals surface area (Å²) in [5, 5.41) is 8.56. The molecule has 0 aromatic carbocycles. The molecule has 0 saturated carbocycles. The van der Waals surface area contributed by atoms with Crippen LogP contribution < -0.4 is 5.32 Å². The summed E-state index contributed by atoms with van der Waals surface area (Å²) in [6.45, 7) is 3.20. The molecule has 2 rings (SSSR count). The summed E-state index contributed by atoms with van der Waals surface area (Å²) in [5.41, 5.74) is 1.33. The molecule has 0 spiro atoms. The standard InChI is InChI=1S/C12H21N3S2/c1-3-4-15-8-10(7-14-15)12(13-2)11-9-16-5-6-17-11/h7-8,11-13H,3-6,9H2,1-2H3. The number of aryl methyl sites for hydroxylation is 1. The van der Waals surface area contributed by atoms with Gasteiger partial charge in [-0.05, 0) is 13.5 Å². The van der Waals surface area contributed by atoms with Gasteiger partial charge in [0, 0.05) is 46.9 Å². The van der Waals surface area contributed by atoms with Gasteiger partial charge in [0.05, 0.1) is 6.20 Å². The van der Waals surface area contributed by atoms with Crippen molar-refractivity contribution < 1.29 is 0 Å². The van der Waals surface area contributed by atoms with E-state index in [-0.39, 0.29) is 0 Å². The van der Waals surface area contributed by atoms with E-state index in [1.165, 1.54) is 22.8 Å². The van der Waals surface area contributed by atoms with Crippen LogP contribution in [0.5, 0.6) is 0 Å². The number of rotatable bonds is 5. The molecule has 0 radical (unpaired) electrons. The third kappa shape index (κ3) is 3.42. The largest absolute Gasteiger partial charge is 0.312 e. The van der Waals surface area contributed by atoms with Gasteiger partial charge in [-0.2, -0.15) is 28.6 Å². The predicted octanol–water partition coefficient (Wildman–Crippen LogP) is 2.40. The van der Waals surface area contributed by atoms with E-state index in [0.717, 1.165) is 13.0 Å². The van der Waals surface area contributed by atoms with Crippen LogP contribution in [0.25, 0.3) is 0 Å². The van der Waals surface area contributed by atoms with E-state index in [9.17, 15) is 0 Å². The van der Waals surface area contributed by atoms with E-state index >= 15 is 0 Å². The molecule has 96 valence electrons. The number of nitrogens with zero attached hydrogens (tertiary/aromatic N) is 2. The maximum Gasteiger partial charge on any atom is 0.0538 e. The first-order valence-electron chi connectivity index (χ1n) is 6.24. The molecular weight excluding hydrogens is 250 g/mol. The predicted molar refractivity (Wildman–Crippen MR) is 77.9 cm³/mol. The van der Waals surface area contributed by atoms with Crippen LogP contribution in [-0.4, -0.2) is 39.3 Å². The van der Waals surface area contributed by atoms with Crippen LogP contribution in [0.15, 0.2) is 12.4 Å². The van der Waals surface area contributed by atoms with E-state index in [4.69, 9.17) is 0 Å². The van der Waals surface area contributed by atoms with Gasteiger partial charge in [0.15, 0.2) is 0 Å². The molecule has 0 aliphatic carbocycles. The van der Waals surface area contributed by atoms with Crippen molar-refractivity contribution in [2.24, 2.45) is 0 Å². The lowest BCUT2D eigenvalue weighted by Gasteiger charge is -2.28. The van der Waals surface area contributed by atoms with Gasteiger partial charge in [-0.3, -0.25) is 4.68 Å². The average molecular weight is 271 g/mol. The van der Waals surface area contributed by atoms with Crippen molar-refractivity contribution in [3.05, 3.63) is 18.0 Å². The first-order chi connectivity index (χ1) is 8.35. The van der Waals surface area contributed by atoms with E-state index in [1.54, 1.807) is 0 Å². The number of thioether (sulfide) groups is 2. The second kappa shape index (κ2) is 6.71. The lowest BCUT2D eigenvalue weighted by Crippen LogP contribution is -2.31. The maximum atomic E-state index is 4.43. The molecule has 0 amide bonds. The SMILES string of the molecule is CCCn1cc(C(NC)C2CSCCS2)cn1. The summed E-state index contributed by atoms with van der Waals surface area (Å²) in [4.78, 5) is 0. The summed E-state index contributed by atoms with van der Waals surface area (Å²) in [6, 6.07) is 0.443. The summed E-state index contributed by atoms with van der Waals surface area (Å²) in [7, 11) is 2.06. The Balaban J connectivity index is 2.04. The molecule has 1 aromatic heterocycles. The maximum absolute atomic E-state index is 4.43. The minimum Gasteiger partial charge on any atom is -0.312 e. The fourth-order valence-electron chi connectivity index (χ4n) is 2.16. The normalized spacial score (nSPS) is 22.6. The topological polar surface area (TPSA) is 29.9 Å². The molecule has 2 unspecified atom stereocenters. The Morgan fingerprint density at radius 1 is 1.59 bits per heavy atom. The molecule has 2 heterocycles. The van der Waals surface area contributed by atoms with Gasteiger partial charge in [0.2, 0.25) is 0 Å². The summed E-state index contributed by atoms with van der Waals surface area (Å²) in [6.07, 6.45) is 5.36. The number of aromatic nitrogens is 2. The van der Waals surface area contributed by atoms with Crippen LogP contribution in [0.3, 0.4) is 0 Å². The molecule has 1 fully saturated rings. The Morgan fingerprint density at radius 2 is 2.47 bits per heavy atom. The lowest BCUT2D eigenvalue weighted by atomic mass is 10.1. The van der Waals surface area contributed by atoms with Crippen molar-refractivity contribution in [1.82, 2.24) is 15.1 Å². The molecule has 2 atom stereocenters. The highest BCUT2D eigenvalue weighted by molar-refractivity contribution is 8.06. The van der Waals surface area contributed by atoms with Crippen LogP contribution in [0.1, 0.15) is 24.9 Å². The molecule has 3 nitrogen and oxygen atoms in total. The molecule has 1 N–H and O–H groups in total. The minimum absolute atomic E-state index is 0.443. The average Bonchev–Trinajstić information content (AvgIpc) is 2.81. The van der Waals surface area contributed by atoms with E-state index < -0.39 is 0 Å². The van der Waals surface area contributed by atoms with Gasteiger partial charge in [0.25, 0.3) is 0 Å². The second-order valence-corrected chi connectivity index (χ2v) is 6.78. The van der Waals surface area contributed by atoms with Gasteiger partial charge < -0.3 is 5.32 Å². The van der Waals surface area contributed by atoms with Crippen molar-refractivity contribution in [2.75, 3.05) is 24.3 Å². The highest BCUT2D eigenvalue weighted by atomic mass is 32.2. The van der Waals surface area contributed by atoms with Gasteiger partial charge in [-0.15, -0.1) is 0 Å². The van der Waals surface area contributed by atoms with Crippen LogP contribution >= 0.6 is 23.5 Å². The number of nitrogens with one attached hydrogen (secondary N) is 1. The van der Waals surface area contributed by atoms with Crippen molar-refractivity contribution >= 4 is 23.5 Å². The Labute approximate surface area is 112 Å². The molecule has 1 aliphatic heterocycles. The summed E-state index contributed by atoms with van der Waals surface area (Å²) >= 11 is 4.16. The number of hydrogen-bond donors (Lipinski definition) is 1. The van der Waals surface area contributed by atoms with Crippen molar-refractivity contribution in [1.29, 1.82) is 0 Å². The molecule has 1 aromatic rings. The molecule has 1 aliphatic rings. The quantitative estimate of drug-likeness (QED) is 0.890. The lowest BCUT2D eigenvalue weighted by molar-refractivity contribution is 0.582. The summed E-state index contributed by atoms with van der Waals surface area (Å²) in [5.74, 6) is 3.82. The second-order valence-electron chi connectivity index (χ2n) is 4.29. The molecule has 5 heteroatoms. The minimum atomic E-state index is 0.443. The van der Waals surface area contributed by atoms with Crippen molar-refractivity contribution in [2.45, 2.75) is 31.2 Å². The Hall–Kier alpha value is -0.130. The van der Waals surface area contributed by atoms with Crippen LogP contribution in [0, 0.1) is 0 Å². The highest BCUT2D eigenvalue weighted by Crippen LogP contribution is 2.33. The molecular formula is C12H21N3S2. The first kappa shape index (κ1) is 13.3. The Morgan fingerprint density at radius 3 is 3.12 bits per heavy atom. The van der Waals surface area contributed by atoms with E-state index in [1.807, 2.05) is 6.20 Å². The fourth-order valence-corrected chi connectivity index (χ4v) is 5.07. The highest BCUT2D eigenvalue weighted by Gasteiger charge is 2.25. The van der Waals surface area contributed by atoms with Crippen LogP contribution in [0.2, 0.25) is 0 Å². The third-order valence-corrected chi connectivity index (χ3v) is 5.85. The van der Waals surface area contributed by atoms with Crippen LogP contribution in [0.4, 0.5) is 0 Å². The van der Waals surface area contributed by atoms with Crippen molar-refractivity contribution in [3.8, 4) is 0 Å². The van der Waals surface area contributed by atoms with Gasteiger partial charge in [0.1, 0.15) is 0 Å². The first-order valence-corrected chi connectivity index (χ1v) is 8.44. The molecule has 1 saturated heterocycles. The zero-order valence-electron chi connectivity index (χ0n) is 10.6. The van der Waals surface area contributed by atoms with Gasteiger partial charge in [-0.25, -0.2) is 0 Å². The molecule has 17 heavy (non-hydrogen) atoms.